The van der Waals surface area contributed by atoms with E-state index in [1.807, 2.05) is 38.2 Å². The van der Waals surface area contributed by atoms with Crippen LogP contribution in [-0.4, -0.2) is 10.7 Å². The van der Waals surface area contributed by atoms with E-state index < -0.39 is 5.60 Å². The van der Waals surface area contributed by atoms with Gasteiger partial charge in [0.05, 0.1) is 5.60 Å². The van der Waals surface area contributed by atoms with E-state index in [0.29, 0.717) is 0 Å². The van der Waals surface area contributed by atoms with Gasteiger partial charge in [0.15, 0.2) is 0 Å². The minimum absolute atomic E-state index is 0.774. The Morgan fingerprint density at radius 1 is 1.07 bits per heavy atom. The standard InChI is InChI=1S/C14H16O/c1-14(2,15)13-9-5-7-11-6-3-4-8-12(13)10-11/h3-9,15H,10H2,1-2H3. The molecule has 1 heteroatoms. The molecular formula is C14H16O. The first-order chi connectivity index (χ1) is 7.07. The van der Waals surface area contributed by atoms with E-state index >= 15 is 0 Å². The maximum atomic E-state index is 10.1. The summed E-state index contributed by atoms with van der Waals surface area (Å²) in [4.78, 5) is 0. The van der Waals surface area contributed by atoms with Crippen LogP contribution < -0.4 is 0 Å². The molecule has 2 aliphatic rings. The fourth-order valence-corrected chi connectivity index (χ4v) is 1.96. The van der Waals surface area contributed by atoms with E-state index in [1.54, 1.807) is 0 Å². The zero-order valence-corrected chi connectivity index (χ0v) is 9.20. The minimum Gasteiger partial charge on any atom is -0.386 e. The topological polar surface area (TPSA) is 20.2 Å². The van der Waals surface area contributed by atoms with Gasteiger partial charge >= 0.3 is 0 Å². The monoisotopic (exact) mass is 200 g/mol. The van der Waals surface area contributed by atoms with E-state index in [0.717, 1.165) is 12.0 Å². The second-order valence-electron chi connectivity index (χ2n) is 4.49. The molecule has 0 saturated carbocycles. The Labute approximate surface area is 90.8 Å². The van der Waals surface area contributed by atoms with Gasteiger partial charge in [0.2, 0.25) is 0 Å². The lowest BCUT2D eigenvalue weighted by atomic mass is 9.88. The third kappa shape index (κ3) is 2.18. The average Bonchev–Trinajstić information content (AvgIpc) is 2.47. The molecule has 0 aromatic heterocycles. The zero-order valence-electron chi connectivity index (χ0n) is 9.20. The molecule has 0 spiro atoms. The fourth-order valence-electron chi connectivity index (χ4n) is 1.96. The van der Waals surface area contributed by atoms with E-state index in [4.69, 9.17) is 0 Å². The Morgan fingerprint density at radius 3 is 2.53 bits per heavy atom. The first-order valence-corrected chi connectivity index (χ1v) is 5.25. The Kier molecular flexibility index (Phi) is 2.49. The lowest BCUT2D eigenvalue weighted by Crippen LogP contribution is -2.23. The Hall–Kier alpha value is -1.34. The second kappa shape index (κ2) is 3.67. The van der Waals surface area contributed by atoms with Crippen LogP contribution in [0, 0.1) is 0 Å². The summed E-state index contributed by atoms with van der Waals surface area (Å²) >= 11 is 0. The largest absolute Gasteiger partial charge is 0.386 e. The highest BCUT2D eigenvalue weighted by Crippen LogP contribution is 2.31. The van der Waals surface area contributed by atoms with Crippen molar-refractivity contribution in [3.8, 4) is 0 Å². The fraction of sp³-hybridized carbons (Fsp3) is 0.286. The summed E-state index contributed by atoms with van der Waals surface area (Å²) in [7, 11) is 0. The highest BCUT2D eigenvalue weighted by molar-refractivity contribution is 5.50. The van der Waals surface area contributed by atoms with Crippen LogP contribution in [0.3, 0.4) is 0 Å². The summed E-state index contributed by atoms with van der Waals surface area (Å²) in [5, 5.41) is 10.1. The van der Waals surface area contributed by atoms with Gasteiger partial charge in [0.25, 0.3) is 0 Å². The van der Waals surface area contributed by atoms with Crippen molar-refractivity contribution >= 4 is 0 Å². The number of fused-ring (bicyclic) bond motifs is 2. The molecule has 0 aromatic rings. The first-order valence-electron chi connectivity index (χ1n) is 5.25. The SMILES string of the molecule is CC(C)(O)C1=CC=CC2=CC=CC=C1C2. The second-order valence-corrected chi connectivity index (χ2v) is 4.49. The summed E-state index contributed by atoms with van der Waals surface area (Å²) in [6.07, 6.45) is 15.3. The summed E-state index contributed by atoms with van der Waals surface area (Å²) in [6.45, 7) is 3.66. The smallest absolute Gasteiger partial charge is 0.0843 e. The van der Waals surface area contributed by atoms with Gasteiger partial charge in [0, 0.05) is 0 Å². The summed E-state index contributed by atoms with van der Waals surface area (Å²) < 4.78 is 0. The summed E-state index contributed by atoms with van der Waals surface area (Å²) in [6, 6.07) is 0. The zero-order chi connectivity index (χ0) is 10.9. The maximum absolute atomic E-state index is 10.1. The number of hydrogen-bond donors (Lipinski definition) is 1. The van der Waals surface area contributed by atoms with Crippen LogP contribution in [0.1, 0.15) is 20.3 Å². The van der Waals surface area contributed by atoms with Crippen LogP contribution in [0.2, 0.25) is 0 Å². The maximum Gasteiger partial charge on any atom is 0.0843 e. The molecule has 0 unspecified atom stereocenters. The van der Waals surface area contributed by atoms with Crippen molar-refractivity contribution in [2.45, 2.75) is 25.9 Å². The van der Waals surface area contributed by atoms with Crippen LogP contribution in [-0.2, 0) is 0 Å². The van der Waals surface area contributed by atoms with Gasteiger partial charge in [0.1, 0.15) is 0 Å². The number of allylic oxidation sites excluding steroid dienone is 8. The minimum atomic E-state index is -0.774. The molecule has 2 aliphatic carbocycles. The Balaban J connectivity index is 2.47. The van der Waals surface area contributed by atoms with E-state index in [2.05, 4.69) is 18.2 Å². The van der Waals surface area contributed by atoms with Crippen molar-refractivity contribution < 1.29 is 5.11 Å². The molecule has 0 aliphatic heterocycles. The molecule has 1 N–H and O–H groups in total. The molecule has 0 fully saturated rings. The van der Waals surface area contributed by atoms with Crippen LogP contribution >= 0.6 is 0 Å². The van der Waals surface area contributed by atoms with Crippen molar-refractivity contribution in [3.63, 3.8) is 0 Å². The van der Waals surface area contributed by atoms with Gasteiger partial charge in [-0.1, -0.05) is 42.5 Å². The molecule has 0 aromatic carbocycles. The highest BCUT2D eigenvalue weighted by Gasteiger charge is 2.23. The molecule has 2 bridgehead atoms. The molecule has 1 nitrogen and oxygen atoms in total. The summed E-state index contributed by atoms with van der Waals surface area (Å²) in [5.74, 6) is 0. The third-order valence-electron chi connectivity index (χ3n) is 2.69. The number of rotatable bonds is 1. The van der Waals surface area contributed by atoms with Crippen LogP contribution in [0.25, 0.3) is 0 Å². The van der Waals surface area contributed by atoms with E-state index in [1.165, 1.54) is 11.1 Å². The quantitative estimate of drug-likeness (QED) is 0.689. The Morgan fingerprint density at radius 2 is 1.80 bits per heavy atom. The van der Waals surface area contributed by atoms with Gasteiger partial charge in [-0.3, -0.25) is 0 Å². The highest BCUT2D eigenvalue weighted by atomic mass is 16.3. The van der Waals surface area contributed by atoms with Crippen LogP contribution in [0.4, 0.5) is 0 Å². The predicted octanol–water partition coefficient (Wildman–Crippen LogP) is 3.07. The molecule has 0 atom stereocenters. The number of hydrogen-bond acceptors (Lipinski definition) is 1. The lowest BCUT2D eigenvalue weighted by Gasteiger charge is -2.23. The third-order valence-corrected chi connectivity index (χ3v) is 2.69. The van der Waals surface area contributed by atoms with Crippen LogP contribution in [0.15, 0.2) is 59.3 Å². The molecule has 0 heterocycles. The molecule has 78 valence electrons. The van der Waals surface area contributed by atoms with Crippen molar-refractivity contribution in [1.82, 2.24) is 0 Å². The van der Waals surface area contributed by atoms with Crippen LogP contribution in [0.5, 0.6) is 0 Å². The van der Waals surface area contributed by atoms with Gasteiger partial charge in [-0.2, -0.15) is 0 Å². The molecule has 0 amide bonds. The van der Waals surface area contributed by atoms with Gasteiger partial charge in [-0.05, 0) is 37.0 Å². The predicted molar refractivity (Wildman–Crippen MR) is 63.4 cm³/mol. The molecule has 0 radical (unpaired) electrons. The van der Waals surface area contributed by atoms with Crippen molar-refractivity contribution in [2.24, 2.45) is 0 Å². The van der Waals surface area contributed by atoms with Gasteiger partial charge in [-0.15, -0.1) is 0 Å². The van der Waals surface area contributed by atoms with Crippen molar-refractivity contribution in [2.75, 3.05) is 0 Å². The van der Waals surface area contributed by atoms with Gasteiger partial charge < -0.3 is 5.11 Å². The lowest BCUT2D eigenvalue weighted by molar-refractivity contribution is 0.122. The number of aliphatic hydroxyl groups is 1. The Bertz CT molecular complexity index is 409. The molecule has 15 heavy (non-hydrogen) atoms. The summed E-state index contributed by atoms with van der Waals surface area (Å²) in [5.41, 5.74) is 2.72. The molecule has 0 saturated heterocycles. The normalized spacial score (nSPS) is 20.1. The average molecular weight is 200 g/mol. The first kappa shape index (κ1) is 10.2. The van der Waals surface area contributed by atoms with E-state index in [-0.39, 0.29) is 0 Å². The van der Waals surface area contributed by atoms with Gasteiger partial charge in [-0.25, -0.2) is 0 Å². The van der Waals surface area contributed by atoms with Crippen molar-refractivity contribution in [3.05, 3.63) is 59.3 Å². The van der Waals surface area contributed by atoms with E-state index in [9.17, 15) is 5.11 Å². The molecular weight excluding hydrogens is 184 g/mol. The molecule has 2 rings (SSSR count). The van der Waals surface area contributed by atoms with Crippen molar-refractivity contribution in [1.29, 1.82) is 0 Å².